The predicted molar refractivity (Wildman–Crippen MR) is 113 cm³/mol. The monoisotopic (exact) mass is 397 g/mol. The molecule has 7 nitrogen and oxygen atoms in total. The van der Waals surface area contributed by atoms with Gasteiger partial charge < -0.3 is 19.5 Å². The van der Waals surface area contributed by atoms with Crippen LogP contribution in [0.15, 0.2) is 18.3 Å². The van der Waals surface area contributed by atoms with Gasteiger partial charge in [0.05, 0.1) is 11.7 Å². The Bertz CT molecular complexity index is 920. The second kappa shape index (κ2) is 6.75. The highest BCUT2D eigenvalue weighted by Crippen LogP contribution is 2.53. The van der Waals surface area contributed by atoms with Crippen LogP contribution in [0.25, 0.3) is 11.3 Å². The van der Waals surface area contributed by atoms with Crippen LogP contribution in [0, 0.1) is 19.3 Å². The third-order valence-corrected chi connectivity index (χ3v) is 5.98. The zero-order chi connectivity index (χ0) is 21.0. The molecule has 1 saturated heterocycles. The van der Waals surface area contributed by atoms with Crippen molar-refractivity contribution in [3.63, 3.8) is 0 Å². The van der Waals surface area contributed by atoms with Crippen molar-refractivity contribution in [2.24, 2.45) is 12.5 Å². The molecule has 1 unspecified atom stereocenters. The standard InChI is InChI=1S/C22H31N5O2/c1-14-16(17-11-26(6)15(2)24-17)7-8-19(23-14)25-18-12-27(13-22(18)9-10-22)20(28)29-21(3,4)5/h7-8,11,18H,9-10,12-13H2,1-6H3,(H,23,25). The quantitative estimate of drug-likeness (QED) is 0.850. The SMILES string of the molecule is Cc1nc(NC2CN(C(=O)OC(C)(C)C)CC23CC3)ccc1-c1cn(C)c(C)n1. The van der Waals surface area contributed by atoms with E-state index in [0.29, 0.717) is 6.54 Å². The average Bonchev–Trinajstić information content (AvgIpc) is 3.19. The van der Waals surface area contributed by atoms with Crippen molar-refractivity contribution in [1.82, 2.24) is 19.4 Å². The van der Waals surface area contributed by atoms with Gasteiger partial charge in [0.2, 0.25) is 0 Å². The molecule has 1 atom stereocenters. The van der Waals surface area contributed by atoms with Crippen LogP contribution in [0.2, 0.25) is 0 Å². The van der Waals surface area contributed by atoms with Gasteiger partial charge in [-0.25, -0.2) is 14.8 Å². The molecule has 1 amide bonds. The van der Waals surface area contributed by atoms with Gasteiger partial charge in [0.15, 0.2) is 0 Å². The highest BCUT2D eigenvalue weighted by atomic mass is 16.6. The van der Waals surface area contributed by atoms with Crippen LogP contribution in [0.5, 0.6) is 0 Å². The van der Waals surface area contributed by atoms with Crippen LogP contribution in [0.4, 0.5) is 10.6 Å². The van der Waals surface area contributed by atoms with Crippen molar-refractivity contribution in [3.05, 3.63) is 29.8 Å². The second-order valence-corrected chi connectivity index (χ2v) is 9.53. The summed E-state index contributed by atoms with van der Waals surface area (Å²) in [5.74, 6) is 1.83. The minimum Gasteiger partial charge on any atom is -0.444 e. The van der Waals surface area contributed by atoms with Crippen molar-refractivity contribution in [2.75, 3.05) is 18.4 Å². The van der Waals surface area contributed by atoms with Crippen LogP contribution in [-0.2, 0) is 11.8 Å². The minimum atomic E-state index is -0.475. The van der Waals surface area contributed by atoms with E-state index in [1.54, 1.807) is 0 Å². The number of nitrogens with one attached hydrogen (secondary N) is 1. The lowest BCUT2D eigenvalue weighted by Gasteiger charge is -2.24. The molecule has 156 valence electrons. The molecule has 2 aromatic heterocycles. The third-order valence-electron chi connectivity index (χ3n) is 5.98. The number of aromatic nitrogens is 3. The van der Waals surface area contributed by atoms with E-state index in [4.69, 9.17) is 9.72 Å². The molecule has 1 spiro atoms. The molecule has 3 heterocycles. The first-order valence-electron chi connectivity index (χ1n) is 10.3. The van der Waals surface area contributed by atoms with Gasteiger partial charge in [0.1, 0.15) is 17.2 Å². The number of nitrogens with zero attached hydrogens (tertiary/aromatic N) is 4. The Morgan fingerprint density at radius 2 is 1.97 bits per heavy atom. The fraction of sp³-hybridized carbons (Fsp3) is 0.591. The van der Waals surface area contributed by atoms with Crippen LogP contribution in [0.1, 0.15) is 45.1 Å². The normalized spacial score (nSPS) is 20.2. The number of aryl methyl sites for hydroxylation is 3. The van der Waals surface area contributed by atoms with E-state index in [-0.39, 0.29) is 17.6 Å². The Morgan fingerprint density at radius 1 is 1.24 bits per heavy atom. The van der Waals surface area contributed by atoms with Crippen molar-refractivity contribution in [3.8, 4) is 11.3 Å². The second-order valence-electron chi connectivity index (χ2n) is 9.53. The smallest absolute Gasteiger partial charge is 0.410 e. The van der Waals surface area contributed by atoms with Gasteiger partial charge in [0, 0.05) is 43.0 Å². The number of pyridine rings is 1. The van der Waals surface area contributed by atoms with Gasteiger partial charge in [0.25, 0.3) is 0 Å². The molecule has 0 radical (unpaired) electrons. The average molecular weight is 398 g/mol. The van der Waals surface area contributed by atoms with E-state index >= 15 is 0 Å². The molecule has 2 aliphatic rings. The topological polar surface area (TPSA) is 72.3 Å². The number of carbonyl (C=O) groups excluding carboxylic acids is 1. The molecule has 2 aromatic rings. The number of amides is 1. The summed E-state index contributed by atoms with van der Waals surface area (Å²) in [6.07, 6.45) is 4.07. The van der Waals surface area contributed by atoms with E-state index in [1.165, 1.54) is 0 Å². The Labute approximate surface area is 172 Å². The van der Waals surface area contributed by atoms with E-state index in [0.717, 1.165) is 48.0 Å². The molecule has 1 aliphatic heterocycles. The maximum atomic E-state index is 12.5. The molecule has 1 aliphatic carbocycles. The fourth-order valence-corrected chi connectivity index (χ4v) is 4.08. The van der Waals surface area contributed by atoms with E-state index < -0.39 is 5.60 Å². The molecule has 0 bridgehead atoms. The molecule has 1 saturated carbocycles. The van der Waals surface area contributed by atoms with Gasteiger partial charge in [-0.15, -0.1) is 0 Å². The summed E-state index contributed by atoms with van der Waals surface area (Å²) < 4.78 is 7.59. The largest absolute Gasteiger partial charge is 0.444 e. The molecule has 2 fully saturated rings. The first-order valence-corrected chi connectivity index (χ1v) is 10.3. The lowest BCUT2D eigenvalue weighted by molar-refractivity contribution is 0.0285. The Kier molecular flexibility index (Phi) is 4.59. The summed E-state index contributed by atoms with van der Waals surface area (Å²) in [4.78, 5) is 23.7. The number of carbonyl (C=O) groups is 1. The highest BCUT2D eigenvalue weighted by Gasteiger charge is 2.56. The first kappa shape index (κ1) is 19.7. The van der Waals surface area contributed by atoms with Crippen LogP contribution < -0.4 is 5.32 Å². The summed E-state index contributed by atoms with van der Waals surface area (Å²) >= 11 is 0. The van der Waals surface area contributed by atoms with Gasteiger partial charge in [-0.1, -0.05) is 0 Å². The predicted octanol–water partition coefficient (Wildman–Crippen LogP) is 3.91. The van der Waals surface area contributed by atoms with Crippen molar-refractivity contribution in [1.29, 1.82) is 0 Å². The first-order chi connectivity index (χ1) is 13.6. The number of rotatable bonds is 3. The maximum absolute atomic E-state index is 12.5. The van der Waals surface area contributed by atoms with Crippen molar-refractivity contribution in [2.45, 2.75) is 59.1 Å². The van der Waals surface area contributed by atoms with E-state index in [2.05, 4.69) is 16.4 Å². The molecule has 29 heavy (non-hydrogen) atoms. The highest BCUT2D eigenvalue weighted by molar-refractivity contribution is 5.69. The van der Waals surface area contributed by atoms with Crippen LogP contribution >= 0.6 is 0 Å². The van der Waals surface area contributed by atoms with E-state index in [1.807, 2.05) is 63.4 Å². The zero-order valence-corrected chi connectivity index (χ0v) is 18.2. The number of hydrogen-bond acceptors (Lipinski definition) is 5. The van der Waals surface area contributed by atoms with Gasteiger partial charge in [-0.05, 0) is 59.6 Å². The number of likely N-dealkylation sites (tertiary alicyclic amines) is 1. The Balaban J connectivity index is 1.48. The van der Waals surface area contributed by atoms with Gasteiger partial charge in [-0.3, -0.25) is 0 Å². The Morgan fingerprint density at radius 3 is 2.52 bits per heavy atom. The lowest BCUT2D eigenvalue weighted by Crippen LogP contribution is -2.36. The molecule has 0 aromatic carbocycles. The summed E-state index contributed by atoms with van der Waals surface area (Å²) in [5.41, 5.74) is 2.61. The maximum Gasteiger partial charge on any atom is 0.410 e. The van der Waals surface area contributed by atoms with Crippen molar-refractivity contribution < 1.29 is 9.53 Å². The Hall–Kier alpha value is -2.57. The lowest BCUT2D eigenvalue weighted by atomic mass is 10.0. The van der Waals surface area contributed by atoms with Crippen LogP contribution in [-0.4, -0.2) is 50.3 Å². The van der Waals surface area contributed by atoms with E-state index in [9.17, 15) is 4.79 Å². The summed E-state index contributed by atoms with van der Waals surface area (Å²) in [7, 11) is 2.00. The summed E-state index contributed by atoms with van der Waals surface area (Å²) in [5, 5.41) is 3.59. The third kappa shape index (κ3) is 3.95. The molecular formula is C22H31N5O2. The van der Waals surface area contributed by atoms with Crippen molar-refractivity contribution >= 4 is 11.9 Å². The molecular weight excluding hydrogens is 366 g/mol. The van der Waals surface area contributed by atoms with Crippen LogP contribution in [0.3, 0.4) is 0 Å². The number of anilines is 1. The number of hydrogen-bond donors (Lipinski definition) is 1. The fourth-order valence-electron chi connectivity index (χ4n) is 4.08. The molecule has 4 rings (SSSR count). The number of imidazole rings is 1. The molecule has 1 N–H and O–H groups in total. The minimum absolute atomic E-state index is 0.156. The number of ether oxygens (including phenoxy) is 1. The van der Waals surface area contributed by atoms with Gasteiger partial charge >= 0.3 is 6.09 Å². The molecule has 7 heteroatoms. The van der Waals surface area contributed by atoms with Gasteiger partial charge in [-0.2, -0.15) is 0 Å². The summed E-state index contributed by atoms with van der Waals surface area (Å²) in [6, 6.07) is 4.29. The summed E-state index contributed by atoms with van der Waals surface area (Å²) in [6.45, 7) is 11.1. The zero-order valence-electron chi connectivity index (χ0n) is 18.2.